The highest BCUT2D eigenvalue weighted by Gasteiger charge is 2.07. The first-order valence-corrected chi connectivity index (χ1v) is 6.26. The van der Waals surface area contributed by atoms with Gasteiger partial charge in [0, 0.05) is 18.7 Å². The number of ketones is 1. The van der Waals surface area contributed by atoms with Gasteiger partial charge in [0.25, 0.3) is 0 Å². The summed E-state index contributed by atoms with van der Waals surface area (Å²) in [5, 5.41) is 9.02. The second kappa shape index (κ2) is 6.48. The third-order valence-corrected chi connectivity index (χ3v) is 3.17. The monoisotopic (exact) mass is 239 g/mol. The lowest BCUT2D eigenvalue weighted by Gasteiger charge is -2.04. The summed E-state index contributed by atoms with van der Waals surface area (Å²) in [5.74, 6) is 2.03. The third kappa shape index (κ3) is 3.81. The summed E-state index contributed by atoms with van der Waals surface area (Å²) in [6.07, 6.45) is 3.36. The van der Waals surface area contributed by atoms with Crippen LogP contribution in [0.1, 0.15) is 25.6 Å². The van der Waals surface area contributed by atoms with Crippen molar-refractivity contribution in [1.29, 1.82) is 0 Å². The van der Waals surface area contributed by atoms with Crippen LogP contribution in [0.15, 0.2) is 17.8 Å². The van der Waals surface area contributed by atoms with E-state index in [1.807, 2.05) is 17.6 Å². The van der Waals surface area contributed by atoms with Crippen LogP contribution in [0.5, 0.6) is 0 Å². The van der Waals surface area contributed by atoms with Gasteiger partial charge in [-0.25, -0.2) is 0 Å². The van der Waals surface area contributed by atoms with Gasteiger partial charge in [-0.05, 0) is 20.3 Å². The van der Waals surface area contributed by atoms with E-state index in [4.69, 9.17) is 0 Å². The minimum Gasteiger partial charge on any atom is -0.302 e. The molecule has 0 radical (unpaired) electrons. The molecule has 0 aliphatic heterocycles. The zero-order valence-electron chi connectivity index (χ0n) is 9.77. The van der Waals surface area contributed by atoms with Gasteiger partial charge in [0.05, 0.1) is 0 Å². The van der Waals surface area contributed by atoms with Crippen LogP contribution < -0.4 is 0 Å². The summed E-state index contributed by atoms with van der Waals surface area (Å²) < 4.78 is 2.02. The van der Waals surface area contributed by atoms with Crippen molar-refractivity contribution in [2.45, 2.75) is 38.4 Å². The van der Waals surface area contributed by atoms with Crippen LogP contribution in [0, 0.1) is 6.92 Å². The summed E-state index contributed by atoms with van der Waals surface area (Å²) in [7, 11) is 0. The Kier molecular flexibility index (Phi) is 5.25. The molecule has 0 bridgehead atoms. The van der Waals surface area contributed by atoms with Crippen molar-refractivity contribution in [2.75, 3.05) is 5.75 Å². The first kappa shape index (κ1) is 13.0. The average molecular weight is 239 g/mol. The number of thioether (sulfide) groups is 1. The Labute approximate surface area is 100 Å². The number of hydrogen-bond donors (Lipinski definition) is 0. The van der Waals surface area contributed by atoms with E-state index in [-0.39, 0.29) is 5.78 Å². The molecule has 0 aromatic carbocycles. The maximum absolute atomic E-state index is 10.8. The SMILES string of the molecule is C=CCn1c(C)nnc1SCCCC(C)=O. The molecule has 0 N–H and O–H groups in total. The standard InChI is InChI=1S/C11H17N3OS/c1-4-7-14-10(3)12-13-11(14)16-8-5-6-9(2)15/h4H,1,5-8H2,2-3H3. The maximum atomic E-state index is 10.8. The highest BCUT2D eigenvalue weighted by Crippen LogP contribution is 2.18. The summed E-state index contributed by atoms with van der Waals surface area (Å²) in [6, 6.07) is 0. The van der Waals surface area contributed by atoms with E-state index in [9.17, 15) is 4.79 Å². The van der Waals surface area contributed by atoms with Gasteiger partial charge in [-0.15, -0.1) is 16.8 Å². The van der Waals surface area contributed by atoms with Gasteiger partial charge in [-0.3, -0.25) is 0 Å². The first-order chi connectivity index (χ1) is 7.65. The minimum absolute atomic E-state index is 0.240. The van der Waals surface area contributed by atoms with Gasteiger partial charge in [-0.2, -0.15) is 0 Å². The molecule has 0 fully saturated rings. The van der Waals surface area contributed by atoms with Crippen molar-refractivity contribution < 1.29 is 4.79 Å². The van der Waals surface area contributed by atoms with Crippen molar-refractivity contribution in [1.82, 2.24) is 14.8 Å². The largest absolute Gasteiger partial charge is 0.302 e. The molecule has 1 rings (SSSR count). The lowest BCUT2D eigenvalue weighted by molar-refractivity contribution is -0.117. The van der Waals surface area contributed by atoms with Crippen LogP contribution in [0.3, 0.4) is 0 Å². The molecule has 5 heteroatoms. The van der Waals surface area contributed by atoms with Gasteiger partial charge < -0.3 is 9.36 Å². The second-order valence-corrected chi connectivity index (χ2v) is 4.65. The molecule has 0 amide bonds. The Morgan fingerprint density at radius 3 is 2.94 bits per heavy atom. The molecule has 0 aliphatic carbocycles. The minimum atomic E-state index is 0.240. The molecule has 0 saturated heterocycles. The zero-order chi connectivity index (χ0) is 12.0. The summed E-state index contributed by atoms with van der Waals surface area (Å²) in [5.41, 5.74) is 0. The molecule has 1 aromatic heterocycles. The fourth-order valence-electron chi connectivity index (χ4n) is 1.29. The lowest BCUT2D eigenvalue weighted by Crippen LogP contribution is -2.00. The fraction of sp³-hybridized carbons (Fsp3) is 0.545. The number of rotatable bonds is 7. The van der Waals surface area contributed by atoms with Crippen LogP contribution in [-0.4, -0.2) is 26.3 Å². The molecule has 0 atom stereocenters. The molecular weight excluding hydrogens is 222 g/mol. The first-order valence-electron chi connectivity index (χ1n) is 5.28. The van der Waals surface area contributed by atoms with Crippen molar-refractivity contribution in [2.24, 2.45) is 0 Å². The number of aromatic nitrogens is 3. The summed E-state index contributed by atoms with van der Waals surface area (Å²) in [6.45, 7) is 7.98. The van der Waals surface area contributed by atoms with Crippen LogP contribution in [0.25, 0.3) is 0 Å². The third-order valence-electron chi connectivity index (χ3n) is 2.12. The number of carbonyl (C=O) groups is 1. The van der Waals surface area contributed by atoms with E-state index in [0.29, 0.717) is 6.42 Å². The van der Waals surface area contributed by atoms with Crippen LogP contribution in [0.4, 0.5) is 0 Å². The average Bonchev–Trinajstić information content (AvgIpc) is 2.56. The van der Waals surface area contributed by atoms with Crippen molar-refractivity contribution >= 4 is 17.5 Å². The summed E-state index contributed by atoms with van der Waals surface area (Å²) >= 11 is 1.64. The number of aryl methyl sites for hydroxylation is 1. The molecule has 4 nitrogen and oxygen atoms in total. The van der Waals surface area contributed by atoms with E-state index in [2.05, 4.69) is 16.8 Å². The molecule has 0 spiro atoms. The molecule has 16 heavy (non-hydrogen) atoms. The molecule has 0 saturated carbocycles. The smallest absolute Gasteiger partial charge is 0.191 e. The van der Waals surface area contributed by atoms with E-state index >= 15 is 0 Å². The number of hydrogen-bond acceptors (Lipinski definition) is 4. The normalized spacial score (nSPS) is 10.4. The Morgan fingerprint density at radius 1 is 1.56 bits per heavy atom. The zero-order valence-corrected chi connectivity index (χ0v) is 10.6. The van der Waals surface area contributed by atoms with Crippen molar-refractivity contribution in [3.8, 4) is 0 Å². The Balaban J connectivity index is 2.46. The molecule has 0 unspecified atom stereocenters. The number of carbonyl (C=O) groups excluding carboxylic acids is 1. The molecule has 1 heterocycles. The molecular formula is C11H17N3OS. The topological polar surface area (TPSA) is 47.8 Å². The maximum Gasteiger partial charge on any atom is 0.191 e. The predicted octanol–water partition coefficient (Wildman–Crippen LogP) is 2.23. The number of allylic oxidation sites excluding steroid dienone is 1. The van der Waals surface area contributed by atoms with Crippen LogP contribution >= 0.6 is 11.8 Å². The Hall–Kier alpha value is -1.10. The van der Waals surface area contributed by atoms with E-state index < -0.39 is 0 Å². The number of Topliss-reactive ketones (excluding diaryl/α,β-unsaturated/α-hetero) is 1. The highest BCUT2D eigenvalue weighted by atomic mass is 32.2. The quantitative estimate of drug-likeness (QED) is 0.416. The van der Waals surface area contributed by atoms with Crippen LogP contribution in [0.2, 0.25) is 0 Å². The van der Waals surface area contributed by atoms with E-state index in [1.54, 1.807) is 18.7 Å². The molecule has 1 aromatic rings. The molecule has 0 aliphatic rings. The number of nitrogens with zero attached hydrogens (tertiary/aromatic N) is 3. The fourth-order valence-corrected chi connectivity index (χ4v) is 2.22. The highest BCUT2D eigenvalue weighted by molar-refractivity contribution is 7.99. The van der Waals surface area contributed by atoms with Gasteiger partial charge in [0.2, 0.25) is 0 Å². The van der Waals surface area contributed by atoms with Gasteiger partial charge >= 0.3 is 0 Å². The van der Waals surface area contributed by atoms with Gasteiger partial charge in [-0.1, -0.05) is 17.8 Å². The van der Waals surface area contributed by atoms with Gasteiger partial charge in [0.15, 0.2) is 5.16 Å². The predicted molar refractivity (Wildman–Crippen MR) is 65.6 cm³/mol. The lowest BCUT2D eigenvalue weighted by atomic mass is 10.3. The van der Waals surface area contributed by atoms with E-state index in [1.165, 1.54) is 0 Å². The van der Waals surface area contributed by atoms with Gasteiger partial charge in [0.1, 0.15) is 11.6 Å². The second-order valence-electron chi connectivity index (χ2n) is 3.58. The summed E-state index contributed by atoms with van der Waals surface area (Å²) in [4.78, 5) is 10.8. The van der Waals surface area contributed by atoms with Crippen molar-refractivity contribution in [3.63, 3.8) is 0 Å². The van der Waals surface area contributed by atoms with Crippen LogP contribution in [-0.2, 0) is 11.3 Å². The Bertz CT molecular complexity index is 373. The Morgan fingerprint density at radius 2 is 2.31 bits per heavy atom. The molecule has 88 valence electrons. The van der Waals surface area contributed by atoms with E-state index in [0.717, 1.165) is 29.7 Å². The van der Waals surface area contributed by atoms with Crippen molar-refractivity contribution in [3.05, 3.63) is 18.5 Å².